The maximum absolute atomic E-state index is 4.99. The molecule has 0 aliphatic carbocycles. The van der Waals surface area contributed by atoms with Crippen molar-refractivity contribution in [2.24, 2.45) is 0 Å². The van der Waals surface area contributed by atoms with Crippen molar-refractivity contribution in [3.63, 3.8) is 0 Å². The molecule has 0 saturated carbocycles. The lowest BCUT2D eigenvalue weighted by Crippen LogP contribution is -2.36. The van der Waals surface area contributed by atoms with E-state index in [1.165, 1.54) is 54.6 Å². The smallest absolute Gasteiger partial charge is 0.185 e. The highest BCUT2D eigenvalue weighted by molar-refractivity contribution is 7.15. The molecule has 0 radical (unpaired) electrons. The lowest BCUT2D eigenvalue weighted by Gasteiger charge is -2.25. The van der Waals surface area contributed by atoms with Crippen molar-refractivity contribution in [1.29, 1.82) is 0 Å². The van der Waals surface area contributed by atoms with E-state index in [-0.39, 0.29) is 0 Å². The number of hydrogen-bond acceptors (Lipinski definition) is 5. The quantitative estimate of drug-likeness (QED) is 0.926. The van der Waals surface area contributed by atoms with Crippen LogP contribution in [0.5, 0.6) is 0 Å². The van der Waals surface area contributed by atoms with Gasteiger partial charge >= 0.3 is 0 Å². The lowest BCUT2D eigenvalue weighted by atomic mass is 10.1. The highest BCUT2D eigenvalue weighted by Gasteiger charge is 2.30. The molecule has 2 aliphatic rings. The van der Waals surface area contributed by atoms with Gasteiger partial charge < -0.3 is 10.2 Å². The first-order chi connectivity index (χ1) is 10.2. The summed E-state index contributed by atoms with van der Waals surface area (Å²) >= 11 is 1.90. The Hall–Kier alpha value is -0.650. The van der Waals surface area contributed by atoms with Crippen LogP contribution in [-0.4, -0.2) is 49.2 Å². The second-order valence-electron chi connectivity index (χ2n) is 6.62. The van der Waals surface area contributed by atoms with Crippen LogP contribution in [-0.2, 0) is 6.54 Å². The first kappa shape index (κ1) is 15.3. The minimum Gasteiger partial charge on any atom is -0.346 e. The number of nitrogens with zero attached hydrogens (tertiary/aromatic N) is 3. The third-order valence-corrected chi connectivity index (χ3v) is 5.81. The van der Waals surface area contributed by atoms with E-state index in [0.29, 0.717) is 5.92 Å². The molecule has 0 bridgehead atoms. The zero-order chi connectivity index (χ0) is 14.8. The molecule has 1 unspecified atom stereocenters. The van der Waals surface area contributed by atoms with E-state index < -0.39 is 0 Å². The minimum absolute atomic E-state index is 0.508. The van der Waals surface area contributed by atoms with Crippen LogP contribution in [0.25, 0.3) is 0 Å². The maximum atomic E-state index is 4.99. The van der Waals surface area contributed by atoms with Gasteiger partial charge in [0.2, 0.25) is 0 Å². The number of aromatic nitrogens is 1. The number of nitrogens with one attached hydrogen (secondary N) is 1. The molecule has 2 fully saturated rings. The molecular formula is C16H28N4S. The summed E-state index contributed by atoms with van der Waals surface area (Å²) in [6.07, 6.45) is 4.01. The molecule has 4 nitrogen and oxygen atoms in total. The average Bonchev–Trinajstić information content (AvgIpc) is 3.01. The van der Waals surface area contributed by atoms with Crippen LogP contribution >= 0.6 is 11.3 Å². The molecule has 2 saturated heterocycles. The SMILES string of the molecule is CNCc1sc(N2CCCN3CCCC3C2)nc1C(C)C. The summed E-state index contributed by atoms with van der Waals surface area (Å²) in [5.74, 6) is 0.508. The van der Waals surface area contributed by atoms with Gasteiger partial charge in [-0.3, -0.25) is 4.90 Å². The molecule has 3 heterocycles. The molecule has 1 atom stereocenters. The van der Waals surface area contributed by atoms with Crippen LogP contribution in [0, 0.1) is 0 Å². The van der Waals surface area contributed by atoms with Crippen LogP contribution in [0.4, 0.5) is 5.13 Å². The van der Waals surface area contributed by atoms with Crippen LogP contribution in [0.2, 0.25) is 0 Å². The molecule has 2 aliphatic heterocycles. The van der Waals surface area contributed by atoms with Gasteiger partial charge in [-0.1, -0.05) is 13.8 Å². The summed E-state index contributed by atoms with van der Waals surface area (Å²) in [5, 5.41) is 4.54. The first-order valence-corrected chi connectivity index (χ1v) is 9.14. The van der Waals surface area contributed by atoms with Gasteiger partial charge in [-0.2, -0.15) is 0 Å². The van der Waals surface area contributed by atoms with E-state index in [1.807, 2.05) is 18.4 Å². The van der Waals surface area contributed by atoms with E-state index in [9.17, 15) is 0 Å². The second kappa shape index (κ2) is 6.63. The lowest BCUT2D eigenvalue weighted by molar-refractivity contribution is 0.273. The Kier molecular flexibility index (Phi) is 4.82. The molecule has 21 heavy (non-hydrogen) atoms. The van der Waals surface area contributed by atoms with E-state index in [0.717, 1.165) is 19.1 Å². The topological polar surface area (TPSA) is 31.4 Å². The Balaban J connectivity index is 1.80. The van der Waals surface area contributed by atoms with Crippen molar-refractivity contribution < 1.29 is 0 Å². The Morgan fingerprint density at radius 2 is 2.10 bits per heavy atom. The van der Waals surface area contributed by atoms with E-state index >= 15 is 0 Å². The number of thiazole rings is 1. The highest BCUT2D eigenvalue weighted by atomic mass is 32.1. The Morgan fingerprint density at radius 1 is 1.29 bits per heavy atom. The molecule has 5 heteroatoms. The largest absolute Gasteiger partial charge is 0.346 e. The third-order valence-electron chi connectivity index (χ3n) is 4.67. The molecule has 0 aromatic carbocycles. The summed E-state index contributed by atoms with van der Waals surface area (Å²) in [6.45, 7) is 10.3. The van der Waals surface area contributed by atoms with Gasteiger partial charge in [0.25, 0.3) is 0 Å². The van der Waals surface area contributed by atoms with Crippen molar-refractivity contribution in [3.05, 3.63) is 10.6 Å². The predicted octanol–water partition coefficient (Wildman–Crippen LogP) is 2.66. The number of rotatable bonds is 4. The fourth-order valence-electron chi connectivity index (χ4n) is 3.60. The third kappa shape index (κ3) is 3.25. The molecule has 118 valence electrons. The summed E-state index contributed by atoms with van der Waals surface area (Å²) in [6, 6.07) is 0.756. The van der Waals surface area contributed by atoms with Crippen LogP contribution in [0.15, 0.2) is 0 Å². The molecule has 1 N–H and O–H groups in total. The van der Waals surface area contributed by atoms with Gasteiger partial charge in [0.15, 0.2) is 5.13 Å². The normalized spacial score (nSPS) is 23.6. The fraction of sp³-hybridized carbons (Fsp3) is 0.812. The zero-order valence-electron chi connectivity index (χ0n) is 13.6. The minimum atomic E-state index is 0.508. The fourth-order valence-corrected chi connectivity index (χ4v) is 4.87. The van der Waals surface area contributed by atoms with Gasteiger partial charge in [-0.15, -0.1) is 11.3 Å². The average molecular weight is 308 g/mol. The monoisotopic (exact) mass is 308 g/mol. The molecular weight excluding hydrogens is 280 g/mol. The van der Waals surface area contributed by atoms with Gasteiger partial charge in [-0.05, 0) is 38.8 Å². The van der Waals surface area contributed by atoms with Crippen LogP contribution in [0.3, 0.4) is 0 Å². The summed E-state index contributed by atoms with van der Waals surface area (Å²) in [7, 11) is 2.02. The molecule has 0 spiro atoms. The van der Waals surface area contributed by atoms with E-state index in [1.54, 1.807) is 0 Å². The van der Waals surface area contributed by atoms with Crippen LogP contribution in [0.1, 0.15) is 49.6 Å². The summed E-state index contributed by atoms with van der Waals surface area (Å²) in [4.78, 5) is 11.6. The molecule has 1 aromatic rings. The van der Waals surface area contributed by atoms with Crippen LogP contribution < -0.4 is 10.2 Å². The molecule has 1 aromatic heterocycles. The van der Waals surface area contributed by atoms with Crippen molar-refractivity contribution >= 4 is 16.5 Å². The van der Waals surface area contributed by atoms with Crippen molar-refractivity contribution in [2.45, 2.75) is 51.6 Å². The number of hydrogen-bond donors (Lipinski definition) is 1. The van der Waals surface area contributed by atoms with E-state index in [4.69, 9.17) is 4.98 Å². The van der Waals surface area contributed by atoms with Gasteiger partial charge in [0, 0.05) is 37.1 Å². The van der Waals surface area contributed by atoms with Gasteiger partial charge in [0.1, 0.15) is 0 Å². The zero-order valence-corrected chi connectivity index (χ0v) is 14.4. The Labute approximate surface area is 132 Å². The predicted molar refractivity (Wildman–Crippen MR) is 90.4 cm³/mol. The first-order valence-electron chi connectivity index (χ1n) is 8.32. The maximum Gasteiger partial charge on any atom is 0.185 e. The highest BCUT2D eigenvalue weighted by Crippen LogP contribution is 2.33. The number of fused-ring (bicyclic) bond motifs is 1. The standard InChI is InChI=1S/C16H28N4S/c1-12(2)15-14(10-17-3)21-16(18-15)20-9-5-8-19-7-4-6-13(19)11-20/h12-13,17H,4-11H2,1-3H3. The van der Waals surface area contributed by atoms with Gasteiger partial charge in [0.05, 0.1) is 5.69 Å². The van der Waals surface area contributed by atoms with Crippen molar-refractivity contribution in [3.8, 4) is 0 Å². The van der Waals surface area contributed by atoms with E-state index in [2.05, 4.69) is 29.0 Å². The summed E-state index contributed by atoms with van der Waals surface area (Å²) < 4.78 is 0. The van der Waals surface area contributed by atoms with Crippen molar-refractivity contribution in [2.75, 3.05) is 38.1 Å². The van der Waals surface area contributed by atoms with Crippen molar-refractivity contribution in [1.82, 2.24) is 15.2 Å². The Bertz CT molecular complexity index is 471. The molecule has 3 rings (SSSR count). The number of anilines is 1. The summed E-state index contributed by atoms with van der Waals surface area (Å²) in [5.41, 5.74) is 1.29. The van der Waals surface area contributed by atoms with Gasteiger partial charge in [-0.25, -0.2) is 4.98 Å². The Morgan fingerprint density at radius 3 is 2.86 bits per heavy atom. The molecule has 0 amide bonds. The second-order valence-corrected chi connectivity index (χ2v) is 7.68.